The van der Waals surface area contributed by atoms with Gasteiger partial charge in [-0.05, 0) is 46.7 Å². The molecule has 132 valence electrons. The molecule has 3 rings (SSSR count). The van der Waals surface area contributed by atoms with Crippen LogP contribution in [-0.4, -0.2) is 11.6 Å². The number of allylic oxidation sites excluding steroid dienone is 1. The Hall–Kier alpha value is -2.77. The minimum Gasteiger partial charge on any atom is -0.803 e. The minimum absolute atomic E-state index is 0.0215. The molecule has 0 fully saturated rings. The van der Waals surface area contributed by atoms with Gasteiger partial charge in [0.05, 0.1) is 12.1 Å². The first kappa shape index (κ1) is 18.0. The molecule has 0 aliphatic rings. The van der Waals surface area contributed by atoms with Crippen molar-refractivity contribution in [2.45, 2.75) is 6.42 Å². The lowest BCUT2D eigenvalue weighted by Crippen LogP contribution is -2.15. The van der Waals surface area contributed by atoms with Crippen molar-refractivity contribution in [3.63, 3.8) is 0 Å². The zero-order valence-corrected chi connectivity index (χ0v) is 15.2. The Morgan fingerprint density at radius 3 is 2.69 bits per heavy atom. The summed E-state index contributed by atoms with van der Waals surface area (Å²) in [6, 6.07) is 9.91. The molecular formula is C19H15FN3OS2-. The molecule has 0 saturated heterocycles. The maximum Gasteiger partial charge on any atom is 0.229 e. The highest BCUT2D eigenvalue weighted by Gasteiger charge is 2.11. The number of amides is 1. The van der Waals surface area contributed by atoms with Crippen molar-refractivity contribution in [1.82, 2.24) is 0 Å². The third-order valence-corrected chi connectivity index (χ3v) is 5.27. The Bertz CT molecular complexity index is 948. The molecular weight excluding hydrogens is 369 g/mol. The number of hydrogen-bond acceptors (Lipinski definition) is 4. The summed E-state index contributed by atoms with van der Waals surface area (Å²) in [5.41, 5.74) is 6.03. The number of carbonyl (C=O) groups is 1. The first-order valence-corrected chi connectivity index (χ1v) is 9.48. The van der Waals surface area contributed by atoms with Crippen LogP contribution in [-0.2, 0) is 11.2 Å². The fourth-order valence-electron chi connectivity index (χ4n) is 2.31. The maximum atomic E-state index is 14.1. The fraction of sp³-hybridized carbons (Fsp3) is 0.0526. The molecule has 1 aromatic carbocycles. The van der Waals surface area contributed by atoms with Crippen molar-refractivity contribution in [2.75, 3.05) is 11.1 Å². The Morgan fingerprint density at radius 1 is 1.23 bits per heavy atom. The van der Waals surface area contributed by atoms with Crippen LogP contribution in [0.3, 0.4) is 0 Å². The van der Waals surface area contributed by atoms with Gasteiger partial charge in [-0.1, -0.05) is 18.2 Å². The van der Waals surface area contributed by atoms with Crippen LogP contribution in [0.15, 0.2) is 53.2 Å². The Balaban J connectivity index is 1.77. The van der Waals surface area contributed by atoms with Gasteiger partial charge in [0.25, 0.3) is 0 Å². The number of nitrogens with one attached hydrogen (secondary N) is 1. The van der Waals surface area contributed by atoms with Gasteiger partial charge >= 0.3 is 0 Å². The fourth-order valence-corrected chi connectivity index (χ4v) is 3.63. The number of nitrogens with two attached hydrogens (primary N) is 1. The first-order chi connectivity index (χ1) is 12.5. The predicted molar refractivity (Wildman–Crippen MR) is 108 cm³/mol. The summed E-state index contributed by atoms with van der Waals surface area (Å²) in [6.45, 7) is 0. The van der Waals surface area contributed by atoms with Crippen LogP contribution in [0.1, 0.15) is 15.3 Å². The lowest BCUT2D eigenvalue weighted by atomic mass is 10.1. The molecule has 1 amide bonds. The summed E-state index contributed by atoms with van der Waals surface area (Å²) >= 11 is 2.98. The third-order valence-electron chi connectivity index (χ3n) is 3.55. The van der Waals surface area contributed by atoms with Gasteiger partial charge in [-0.3, -0.25) is 4.79 Å². The summed E-state index contributed by atoms with van der Waals surface area (Å²) in [5, 5.41) is 16.6. The number of anilines is 2. The highest BCUT2D eigenvalue weighted by molar-refractivity contribution is 7.10. The van der Waals surface area contributed by atoms with Crippen molar-refractivity contribution in [3.8, 4) is 0 Å². The van der Waals surface area contributed by atoms with Crippen LogP contribution in [0, 0.1) is 5.82 Å². The van der Waals surface area contributed by atoms with Crippen LogP contribution in [0.2, 0.25) is 0 Å². The average molecular weight is 384 g/mol. The van der Waals surface area contributed by atoms with Crippen molar-refractivity contribution >= 4 is 51.7 Å². The summed E-state index contributed by atoms with van der Waals surface area (Å²) in [7, 11) is 0. The molecule has 3 N–H and O–H groups in total. The molecule has 0 aliphatic heterocycles. The zero-order chi connectivity index (χ0) is 18.5. The SMILES string of the molecule is [N-]=C(/C=C/c1cccs1)c1cc(NC(=O)Cc2cccs2)c(F)cc1N. The van der Waals surface area contributed by atoms with Gasteiger partial charge in [0.1, 0.15) is 5.82 Å². The second-order valence-corrected chi connectivity index (χ2v) is 7.47. The van der Waals surface area contributed by atoms with E-state index in [1.165, 1.54) is 34.8 Å². The molecule has 0 radical (unpaired) electrons. The molecule has 2 aromatic heterocycles. The molecule has 0 bridgehead atoms. The highest BCUT2D eigenvalue weighted by Crippen LogP contribution is 2.24. The lowest BCUT2D eigenvalue weighted by Gasteiger charge is -2.15. The van der Waals surface area contributed by atoms with E-state index in [0.29, 0.717) is 0 Å². The second-order valence-electron chi connectivity index (χ2n) is 5.46. The summed E-state index contributed by atoms with van der Waals surface area (Å²) in [4.78, 5) is 13.9. The van der Waals surface area contributed by atoms with E-state index in [0.717, 1.165) is 15.8 Å². The standard InChI is InChI=1S/C19H15FN3OS2/c20-15-11-17(22)14(16(21)6-5-12-3-1-7-25-12)10-18(15)23-19(24)9-13-4-2-8-26-13/h1-8,10-11H,9,22H2,(H,23,24)/q-1/b6-5+. The molecule has 0 unspecified atom stereocenters. The minimum atomic E-state index is -0.652. The Morgan fingerprint density at radius 2 is 2.00 bits per heavy atom. The molecule has 3 aromatic rings. The number of rotatable bonds is 6. The smallest absolute Gasteiger partial charge is 0.229 e. The van der Waals surface area contributed by atoms with E-state index in [9.17, 15) is 14.6 Å². The summed E-state index contributed by atoms with van der Waals surface area (Å²) in [5.74, 6) is -0.989. The average Bonchev–Trinajstić information content (AvgIpc) is 3.28. The monoisotopic (exact) mass is 384 g/mol. The van der Waals surface area contributed by atoms with Gasteiger partial charge in [-0.25, -0.2) is 4.39 Å². The molecule has 0 aliphatic carbocycles. The topological polar surface area (TPSA) is 77.4 Å². The van der Waals surface area contributed by atoms with E-state index in [1.807, 2.05) is 35.0 Å². The molecule has 0 atom stereocenters. The van der Waals surface area contributed by atoms with E-state index in [1.54, 1.807) is 6.08 Å². The first-order valence-electron chi connectivity index (χ1n) is 7.72. The van der Waals surface area contributed by atoms with Crippen LogP contribution >= 0.6 is 22.7 Å². The van der Waals surface area contributed by atoms with Gasteiger partial charge in [0, 0.05) is 15.4 Å². The van der Waals surface area contributed by atoms with E-state index < -0.39 is 5.82 Å². The molecule has 4 nitrogen and oxygen atoms in total. The van der Waals surface area contributed by atoms with E-state index in [4.69, 9.17) is 5.73 Å². The van der Waals surface area contributed by atoms with E-state index >= 15 is 0 Å². The molecule has 2 heterocycles. The number of thiophene rings is 2. The summed E-state index contributed by atoms with van der Waals surface area (Å²) in [6.07, 6.45) is 3.38. The van der Waals surface area contributed by atoms with Gasteiger partial charge in [-0.2, -0.15) is 0 Å². The summed E-state index contributed by atoms with van der Waals surface area (Å²) < 4.78 is 14.1. The molecule has 26 heavy (non-hydrogen) atoms. The van der Waals surface area contributed by atoms with Crippen LogP contribution in [0.5, 0.6) is 0 Å². The van der Waals surface area contributed by atoms with E-state index in [-0.39, 0.29) is 35.0 Å². The number of hydrogen-bond donors (Lipinski definition) is 2. The van der Waals surface area contributed by atoms with Crippen LogP contribution in [0.4, 0.5) is 15.8 Å². The maximum absolute atomic E-state index is 14.1. The van der Waals surface area contributed by atoms with Gasteiger partial charge in [0.15, 0.2) is 0 Å². The van der Waals surface area contributed by atoms with E-state index in [2.05, 4.69) is 5.32 Å². The number of nitrogen functional groups attached to an aromatic ring is 1. The number of nitrogens with zero attached hydrogens (tertiary/aromatic N) is 1. The molecule has 0 saturated carbocycles. The zero-order valence-electron chi connectivity index (χ0n) is 13.6. The normalized spacial score (nSPS) is 11.0. The van der Waals surface area contributed by atoms with Crippen LogP contribution < -0.4 is 11.1 Å². The number of benzene rings is 1. The number of carbonyl (C=O) groups excluding carboxylic acids is 1. The largest absolute Gasteiger partial charge is 0.803 e. The Labute approximate surface area is 158 Å². The van der Waals surface area contributed by atoms with Gasteiger partial charge in [-0.15, -0.1) is 28.4 Å². The van der Waals surface area contributed by atoms with Crippen molar-refractivity contribution in [2.24, 2.45) is 0 Å². The predicted octanol–water partition coefficient (Wildman–Crippen LogP) is 4.78. The molecule has 0 spiro atoms. The Kier molecular flexibility index (Phi) is 5.60. The van der Waals surface area contributed by atoms with Crippen LogP contribution in [0.25, 0.3) is 11.5 Å². The second kappa shape index (κ2) is 8.07. The van der Waals surface area contributed by atoms with Gasteiger partial charge in [0.2, 0.25) is 5.91 Å². The van der Waals surface area contributed by atoms with Gasteiger partial charge < -0.3 is 16.5 Å². The molecule has 7 heteroatoms. The number of halogens is 1. The highest BCUT2D eigenvalue weighted by atomic mass is 32.1. The van der Waals surface area contributed by atoms with Crippen molar-refractivity contribution < 1.29 is 9.18 Å². The van der Waals surface area contributed by atoms with Crippen molar-refractivity contribution in [1.29, 1.82) is 0 Å². The lowest BCUT2D eigenvalue weighted by molar-refractivity contribution is -0.115. The third kappa shape index (κ3) is 4.44. The quantitative estimate of drug-likeness (QED) is 0.474. The van der Waals surface area contributed by atoms with Crippen molar-refractivity contribution in [3.05, 3.63) is 79.8 Å².